The van der Waals surface area contributed by atoms with Gasteiger partial charge in [-0.1, -0.05) is 25.3 Å². The maximum Gasteiger partial charge on any atom is 0.309 e. The third-order valence-electron chi connectivity index (χ3n) is 6.67. The third kappa shape index (κ3) is 6.48. The van der Waals surface area contributed by atoms with Gasteiger partial charge in [0, 0.05) is 0 Å². The fourth-order valence-corrected chi connectivity index (χ4v) is 4.34. The van der Waals surface area contributed by atoms with Crippen molar-refractivity contribution in [3.8, 4) is 5.75 Å². The van der Waals surface area contributed by atoms with Gasteiger partial charge >= 0.3 is 5.97 Å². The molecule has 2 fully saturated rings. The van der Waals surface area contributed by atoms with Gasteiger partial charge in [-0.25, -0.2) is 0 Å². The molecule has 0 amide bonds. The van der Waals surface area contributed by atoms with E-state index in [2.05, 4.69) is 6.07 Å². The smallest absolute Gasteiger partial charge is 0.309 e. The van der Waals surface area contributed by atoms with E-state index in [-0.39, 0.29) is 5.60 Å². The van der Waals surface area contributed by atoms with Crippen LogP contribution in [-0.4, -0.2) is 28.3 Å². The summed E-state index contributed by atoms with van der Waals surface area (Å²) >= 11 is 0. The van der Waals surface area contributed by atoms with E-state index in [0.717, 1.165) is 89.9 Å². The van der Waals surface area contributed by atoms with Crippen molar-refractivity contribution in [2.75, 3.05) is 0 Å². The van der Waals surface area contributed by atoms with Crippen LogP contribution in [0.2, 0.25) is 0 Å². The molecule has 3 rings (SSSR count). The van der Waals surface area contributed by atoms with Gasteiger partial charge in [0.2, 0.25) is 0 Å². The summed E-state index contributed by atoms with van der Waals surface area (Å²) in [6, 6.07) is 5.89. The second kappa shape index (κ2) is 9.64. The van der Waals surface area contributed by atoms with Crippen LogP contribution < -0.4 is 0 Å². The van der Waals surface area contributed by atoms with Crippen molar-refractivity contribution < 1.29 is 24.5 Å². The summed E-state index contributed by atoms with van der Waals surface area (Å²) in [4.78, 5) is 21.7. The number of phenolic OH excluding ortho intramolecular Hbond substituents is 1. The number of carboxylic acids is 1. The Morgan fingerprint density at radius 2 is 1.48 bits per heavy atom. The van der Waals surface area contributed by atoms with E-state index in [4.69, 9.17) is 4.74 Å². The van der Waals surface area contributed by atoms with E-state index in [0.29, 0.717) is 12.2 Å². The van der Waals surface area contributed by atoms with E-state index in [1.165, 1.54) is 11.1 Å². The van der Waals surface area contributed by atoms with Gasteiger partial charge in [0.1, 0.15) is 11.4 Å². The highest BCUT2D eigenvalue weighted by Crippen LogP contribution is 2.50. The largest absolute Gasteiger partial charge is 0.508 e. The van der Waals surface area contributed by atoms with Gasteiger partial charge in [-0.05, 0) is 93.9 Å². The Kier molecular flexibility index (Phi) is 7.20. The standard InChI is InChI=1S/C24H34O5/c25-18-29-24(13-14-24)10-6-4-8-20-15-19(16-21(26)17-20)7-3-1-2-5-9-23(11-12-23)22(27)28/h15-18,26H,1-14H2,(H,27,28). The normalized spacial score (nSPS) is 18.2. The minimum absolute atomic E-state index is 0.171. The molecule has 0 heterocycles. The second-order valence-corrected chi connectivity index (χ2v) is 9.11. The molecule has 2 saturated carbocycles. The van der Waals surface area contributed by atoms with Crippen LogP contribution >= 0.6 is 0 Å². The zero-order chi connectivity index (χ0) is 20.7. The lowest BCUT2D eigenvalue weighted by Gasteiger charge is -2.13. The maximum absolute atomic E-state index is 11.2. The summed E-state index contributed by atoms with van der Waals surface area (Å²) < 4.78 is 5.19. The van der Waals surface area contributed by atoms with Gasteiger partial charge in [-0.15, -0.1) is 0 Å². The van der Waals surface area contributed by atoms with Gasteiger partial charge in [-0.2, -0.15) is 0 Å². The summed E-state index contributed by atoms with van der Waals surface area (Å²) in [5.41, 5.74) is 1.78. The molecule has 0 spiro atoms. The van der Waals surface area contributed by atoms with Crippen molar-refractivity contribution in [1.29, 1.82) is 0 Å². The number of aliphatic carboxylic acids is 1. The first-order valence-corrected chi connectivity index (χ1v) is 11.1. The van der Waals surface area contributed by atoms with Gasteiger partial charge in [-0.3, -0.25) is 9.59 Å². The number of ether oxygens (including phenoxy) is 1. The first-order chi connectivity index (χ1) is 14.0. The molecular weight excluding hydrogens is 368 g/mol. The summed E-state index contributed by atoms with van der Waals surface area (Å²) in [6.45, 7) is 0.574. The lowest BCUT2D eigenvalue weighted by molar-refractivity contribution is -0.143. The Morgan fingerprint density at radius 3 is 2.03 bits per heavy atom. The fraction of sp³-hybridized carbons (Fsp3) is 0.667. The van der Waals surface area contributed by atoms with E-state index < -0.39 is 11.4 Å². The summed E-state index contributed by atoms with van der Waals surface area (Å²) in [7, 11) is 0. The molecule has 0 aromatic heterocycles. The Hall–Kier alpha value is -2.04. The van der Waals surface area contributed by atoms with Crippen molar-refractivity contribution in [1.82, 2.24) is 0 Å². The molecule has 5 heteroatoms. The Morgan fingerprint density at radius 1 is 0.897 bits per heavy atom. The molecule has 2 aliphatic rings. The van der Waals surface area contributed by atoms with Crippen LogP contribution in [0, 0.1) is 5.41 Å². The van der Waals surface area contributed by atoms with Crippen LogP contribution in [0.4, 0.5) is 0 Å². The van der Waals surface area contributed by atoms with Gasteiger partial charge < -0.3 is 14.9 Å². The SMILES string of the molecule is O=COC1(CCCCc2cc(O)cc(CCCCCCC3(C(=O)O)CC3)c2)CC1. The minimum atomic E-state index is -0.617. The Labute approximate surface area is 173 Å². The van der Waals surface area contributed by atoms with Gasteiger partial charge in [0.25, 0.3) is 6.47 Å². The molecule has 0 atom stereocenters. The summed E-state index contributed by atoms with van der Waals surface area (Å²) in [5.74, 6) is -0.286. The highest BCUT2D eigenvalue weighted by molar-refractivity contribution is 5.77. The predicted octanol–water partition coefficient (Wildman–Crippen LogP) is 5.17. The van der Waals surface area contributed by atoms with Crippen LogP contribution in [0.1, 0.15) is 88.2 Å². The number of phenols is 1. The van der Waals surface area contributed by atoms with Gasteiger partial charge in [0.15, 0.2) is 0 Å². The number of rotatable bonds is 15. The average molecular weight is 403 g/mol. The van der Waals surface area contributed by atoms with Crippen LogP contribution in [0.15, 0.2) is 18.2 Å². The van der Waals surface area contributed by atoms with Crippen molar-refractivity contribution in [3.05, 3.63) is 29.3 Å². The molecule has 1 aromatic carbocycles. The van der Waals surface area contributed by atoms with Crippen molar-refractivity contribution in [2.45, 2.75) is 95.5 Å². The van der Waals surface area contributed by atoms with Crippen molar-refractivity contribution in [3.63, 3.8) is 0 Å². The number of carboxylic acid groups (broad SMARTS) is 1. The lowest BCUT2D eigenvalue weighted by Crippen LogP contribution is -2.14. The van der Waals surface area contributed by atoms with Crippen molar-refractivity contribution >= 4 is 12.4 Å². The predicted molar refractivity (Wildman–Crippen MR) is 111 cm³/mol. The lowest BCUT2D eigenvalue weighted by atomic mass is 9.96. The topological polar surface area (TPSA) is 83.8 Å². The van der Waals surface area contributed by atoms with Crippen LogP contribution in [0.3, 0.4) is 0 Å². The fourth-order valence-electron chi connectivity index (χ4n) is 4.34. The monoisotopic (exact) mass is 402 g/mol. The van der Waals surface area contributed by atoms with E-state index in [1.54, 1.807) is 0 Å². The molecule has 160 valence electrons. The number of hydrogen-bond acceptors (Lipinski definition) is 4. The molecule has 0 saturated heterocycles. The quantitative estimate of drug-likeness (QED) is 0.312. The molecule has 29 heavy (non-hydrogen) atoms. The Balaban J connectivity index is 1.32. The minimum Gasteiger partial charge on any atom is -0.508 e. The van der Waals surface area contributed by atoms with E-state index in [9.17, 15) is 19.8 Å². The number of carbonyl (C=O) groups is 2. The van der Waals surface area contributed by atoms with Crippen LogP contribution in [0.5, 0.6) is 5.75 Å². The molecule has 2 N–H and O–H groups in total. The molecule has 0 bridgehead atoms. The molecular formula is C24H34O5. The summed E-state index contributed by atoms with van der Waals surface area (Å²) in [6.07, 6.45) is 13.6. The zero-order valence-corrected chi connectivity index (χ0v) is 17.3. The molecule has 5 nitrogen and oxygen atoms in total. The molecule has 2 aliphatic carbocycles. The molecule has 0 unspecified atom stereocenters. The zero-order valence-electron chi connectivity index (χ0n) is 17.3. The number of hydrogen-bond donors (Lipinski definition) is 2. The molecule has 0 aliphatic heterocycles. The summed E-state index contributed by atoms with van der Waals surface area (Å²) in [5, 5.41) is 19.2. The van der Waals surface area contributed by atoms with E-state index in [1.807, 2.05) is 12.1 Å². The first-order valence-electron chi connectivity index (χ1n) is 11.1. The van der Waals surface area contributed by atoms with Crippen LogP contribution in [-0.2, 0) is 27.2 Å². The molecule has 0 radical (unpaired) electrons. The Bertz CT molecular complexity index is 703. The van der Waals surface area contributed by atoms with Gasteiger partial charge in [0.05, 0.1) is 5.41 Å². The second-order valence-electron chi connectivity index (χ2n) is 9.11. The molecule has 1 aromatic rings. The number of unbranched alkanes of at least 4 members (excludes halogenated alkanes) is 4. The number of aromatic hydroxyl groups is 1. The third-order valence-corrected chi connectivity index (χ3v) is 6.67. The highest BCUT2D eigenvalue weighted by atomic mass is 16.5. The average Bonchev–Trinajstić information content (AvgIpc) is 3.59. The van der Waals surface area contributed by atoms with E-state index >= 15 is 0 Å². The van der Waals surface area contributed by atoms with Crippen molar-refractivity contribution in [2.24, 2.45) is 5.41 Å². The first kappa shape index (κ1) is 21.7. The van der Waals surface area contributed by atoms with Crippen LogP contribution in [0.25, 0.3) is 0 Å². The maximum atomic E-state index is 11.2. The highest BCUT2D eigenvalue weighted by Gasteiger charge is 2.49. The number of carbonyl (C=O) groups excluding carboxylic acids is 1. The number of aryl methyl sites for hydroxylation is 2. The number of benzene rings is 1.